The zero-order valence-corrected chi connectivity index (χ0v) is 20.7. The molecule has 0 spiro atoms. The summed E-state index contributed by atoms with van der Waals surface area (Å²) in [5, 5.41) is 0. The predicted molar refractivity (Wildman–Crippen MR) is 132 cm³/mol. The van der Waals surface area contributed by atoms with Gasteiger partial charge in [0.05, 0.1) is 0 Å². The molecule has 2 N–H and O–H groups in total. The molecule has 0 saturated heterocycles. The van der Waals surface area contributed by atoms with Crippen molar-refractivity contribution in [3.8, 4) is 0 Å². The molecular formula is C29H40N2O2. The lowest BCUT2D eigenvalue weighted by Gasteiger charge is -2.60. The number of primary amides is 1. The van der Waals surface area contributed by atoms with Gasteiger partial charge in [0, 0.05) is 24.1 Å². The number of fused-ring (bicyclic) bond motifs is 5. The number of carbonyl (C=O) groups excluding carboxylic acids is 2. The minimum atomic E-state index is -0.358. The van der Waals surface area contributed by atoms with Crippen molar-refractivity contribution in [3.63, 3.8) is 0 Å². The molecule has 1 aromatic rings. The highest BCUT2D eigenvalue weighted by molar-refractivity contribution is 5.92. The first kappa shape index (κ1) is 22.7. The molecule has 0 aromatic heterocycles. The standard InChI is InChI=1S/C29H40N2O2/c1-18(19-5-7-20(8-6-19)27(30)33)17-21-9-11-23-22-10-12-25-29(3,16-14-26(32)31(25)4)24(22)13-15-28(21,23)2/h5-8,14,16,18,21-25H,9-13,15,17H2,1-4H3,(H2,30,33)/t18?,21-,22+,23+,24+,25-,28-,29-/m1/s1. The zero-order valence-electron chi connectivity index (χ0n) is 20.7. The van der Waals surface area contributed by atoms with Crippen molar-refractivity contribution in [3.05, 3.63) is 47.5 Å². The summed E-state index contributed by atoms with van der Waals surface area (Å²) in [6.45, 7) is 7.36. The summed E-state index contributed by atoms with van der Waals surface area (Å²) in [7, 11) is 2.00. The molecule has 1 unspecified atom stereocenters. The van der Waals surface area contributed by atoms with Gasteiger partial charge in [-0.15, -0.1) is 0 Å². The average molecular weight is 449 g/mol. The van der Waals surface area contributed by atoms with Crippen molar-refractivity contribution in [2.75, 3.05) is 7.05 Å². The van der Waals surface area contributed by atoms with Gasteiger partial charge >= 0.3 is 0 Å². The van der Waals surface area contributed by atoms with E-state index in [0.717, 1.165) is 24.2 Å². The molecular weight excluding hydrogens is 408 g/mol. The smallest absolute Gasteiger partial charge is 0.248 e. The largest absolute Gasteiger partial charge is 0.366 e. The maximum Gasteiger partial charge on any atom is 0.248 e. The first-order valence-electron chi connectivity index (χ1n) is 13.0. The van der Waals surface area contributed by atoms with Gasteiger partial charge in [0.25, 0.3) is 0 Å². The number of hydrogen-bond acceptors (Lipinski definition) is 2. The lowest BCUT2D eigenvalue weighted by Crippen LogP contribution is -2.59. The Morgan fingerprint density at radius 1 is 1.09 bits per heavy atom. The Labute approximate surface area is 199 Å². The summed E-state index contributed by atoms with van der Waals surface area (Å²) in [6.07, 6.45) is 13.0. The lowest BCUT2D eigenvalue weighted by atomic mass is 9.47. The van der Waals surface area contributed by atoms with Gasteiger partial charge in [0.2, 0.25) is 11.8 Å². The van der Waals surface area contributed by atoms with Crippen molar-refractivity contribution in [2.45, 2.75) is 77.7 Å². The second kappa shape index (κ2) is 7.99. The Morgan fingerprint density at radius 2 is 1.82 bits per heavy atom. The molecule has 2 amide bonds. The third-order valence-electron chi connectivity index (χ3n) is 10.7. The zero-order chi connectivity index (χ0) is 23.5. The van der Waals surface area contributed by atoms with Gasteiger partial charge in [-0.05, 0) is 104 Å². The van der Waals surface area contributed by atoms with Gasteiger partial charge in [-0.3, -0.25) is 9.59 Å². The van der Waals surface area contributed by atoms with E-state index in [-0.39, 0.29) is 17.2 Å². The maximum absolute atomic E-state index is 12.3. The van der Waals surface area contributed by atoms with Crippen LogP contribution in [0.3, 0.4) is 0 Å². The summed E-state index contributed by atoms with van der Waals surface area (Å²) < 4.78 is 0. The van der Waals surface area contributed by atoms with E-state index in [9.17, 15) is 9.59 Å². The highest BCUT2D eigenvalue weighted by Crippen LogP contribution is 2.66. The fraction of sp³-hybridized carbons (Fsp3) is 0.655. The number of nitrogens with zero attached hydrogens (tertiary/aromatic N) is 1. The molecule has 4 heteroatoms. The van der Waals surface area contributed by atoms with Crippen LogP contribution < -0.4 is 5.73 Å². The van der Waals surface area contributed by atoms with E-state index >= 15 is 0 Å². The van der Waals surface area contributed by atoms with Crippen molar-refractivity contribution in [2.24, 2.45) is 40.2 Å². The number of carbonyl (C=O) groups is 2. The number of hydrogen-bond donors (Lipinski definition) is 1. The normalized spacial score (nSPS) is 40.7. The SMILES string of the molecule is CC(C[C@H]1CC[C@H]2[C@@H]3CC[C@H]4N(C)C(=O)C=C[C@]4(C)[C@H]3CC[C@]12C)c1ccc(C(N)=O)cc1. The van der Waals surface area contributed by atoms with Gasteiger partial charge in [0.15, 0.2) is 0 Å². The summed E-state index contributed by atoms with van der Waals surface area (Å²) in [6, 6.07) is 8.28. The monoisotopic (exact) mass is 448 g/mol. The van der Waals surface area contributed by atoms with Crippen molar-refractivity contribution < 1.29 is 9.59 Å². The average Bonchev–Trinajstić information content (AvgIpc) is 3.13. The lowest BCUT2D eigenvalue weighted by molar-refractivity contribution is -0.138. The van der Waals surface area contributed by atoms with E-state index < -0.39 is 0 Å². The fourth-order valence-corrected chi connectivity index (χ4v) is 8.77. The van der Waals surface area contributed by atoms with Gasteiger partial charge in [-0.1, -0.05) is 39.0 Å². The number of rotatable bonds is 4. The van der Waals surface area contributed by atoms with Gasteiger partial charge < -0.3 is 10.6 Å². The van der Waals surface area contributed by atoms with E-state index in [2.05, 4.69) is 39.0 Å². The number of nitrogens with two attached hydrogens (primary N) is 1. The molecule has 1 aromatic carbocycles. The molecule has 8 atom stereocenters. The molecule has 1 aliphatic heterocycles. The third-order valence-corrected chi connectivity index (χ3v) is 10.7. The van der Waals surface area contributed by atoms with Crippen LogP contribution in [0.5, 0.6) is 0 Å². The Bertz CT molecular complexity index is 968. The maximum atomic E-state index is 12.3. The van der Waals surface area contributed by atoms with Crippen LogP contribution in [0.25, 0.3) is 0 Å². The Kier molecular flexibility index (Phi) is 5.49. The van der Waals surface area contributed by atoms with E-state index in [4.69, 9.17) is 5.73 Å². The first-order valence-corrected chi connectivity index (χ1v) is 13.0. The molecule has 3 fully saturated rings. The summed E-state index contributed by atoms with van der Waals surface area (Å²) in [4.78, 5) is 25.8. The summed E-state index contributed by atoms with van der Waals surface area (Å²) >= 11 is 0. The topological polar surface area (TPSA) is 63.4 Å². The first-order chi connectivity index (χ1) is 15.6. The molecule has 5 rings (SSSR count). The Hall–Kier alpha value is -2.10. The van der Waals surface area contributed by atoms with E-state index in [1.165, 1.54) is 44.1 Å². The molecule has 1 heterocycles. The molecule has 0 radical (unpaired) electrons. The quantitative estimate of drug-likeness (QED) is 0.658. The van der Waals surface area contributed by atoms with Crippen LogP contribution in [0.4, 0.5) is 0 Å². The highest BCUT2D eigenvalue weighted by Gasteiger charge is 2.60. The number of amides is 2. The van der Waals surface area contributed by atoms with Gasteiger partial charge in [0.1, 0.15) is 0 Å². The van der Waals surface area contributed by atoms with Gasteiger partial charge in [-0.25, -0.2) is 0 Å². The Balaban J connectivity index is 1.33. The summed E-state index contributed by atoms with van der Waals surface area (Å²) in [5.41, 5.74) is 7.87. The van der Waals surface area contributed by atoms with Crippen LogP contribution >= 0.6 is 0 Å². The molecule has 4 nitrogen and oxygen atoms in total. The van der Waals surface area contributed by atoms with Crippen LogP contribution in [-0.4, -0.2) is 29.8 Å². The number of likely N-dealkylation sites (N-methyl/N-ethyl adjacent to an activating group) is 1. The van der Waals surface area contributed by atoms with Crippen molar-refractivity contribution in [1.29, 1.82) is 0 Å². The minimum Gasteiger partial charge on any atom is -0.366 e. The Morgan fingerprint density at radius 3 is 2.52 bits per heavy atom. The van der Waals surface area contributed by atoms with Crippen LogP contribution in [0.1, 0.15) is 87.6 Å². The van der Waals surface area contributed by atoms with Gasteiger partial charge in [-0.2, -0.15) is 0 Å². The van der Waals surface area contributed by atoms with E-state index in [1.807, 2.05) is 30.2 Å². The van der Waals surface area contributed by atoms with Crippen LogP contribution in [-0.2, 0) is 4.79 Å². The van der Waals surface area contributed by atoms with Crippen LogP contribution in [0, 0.1) is 34.5 Å². The molecule has 178 valence electrons. The minimum absolute atomic E-state index is 0.125. The molecule has 33 heavy (non-hydrogen) atoms. The second-order valence-corrected chi connectivity index (χ2v) is 12.1. The second-order valence-electron chi connectivity index (χ2n) is 12.1. The van der Waals surface area contributed by atoms with E-state index in [0.29, 0.717) is 28.9 Å². The highest BCUT2D eigenvalue weighted by atomic mass is 16.2. The molecule has 3 saturated carbocycles. The number of benzene rings is 1. The molecule has 3 aliphatic carbocycles. The van der Waals surface area contributed by atoms with Crippen molar-refractivity contribution in [1.82, 2.24) is 4.90 Å². The predicted octanol–water partition coefficient (Wildman–Crippen LogP) is 5.53. The molecule has 0 bridgehead atoms. The van der Waals surface area contributed by atoms with Crippen LogP contribution in [0.15, 0.2) is 36.4 Å². The molecule has 4 aliphatic rings. The van der Waals surface area contributed by atoms with Crippen LogP contribution in [0.2, 0.25) is 0 Å². The van der Waals surface area contributed by atoms with Crippen molar-refractivity contribution >= 4 is 11.8 Å². The summed E-state index contributed by atoms with van der Waals surface area (Å²) in [5.74, 6) is 3.34. The third kappa shape index (κ3) is 3.47. The van der Waals surface area contributed by atoms with E-state index in [1.54, 1.807) is 0 Å². The fourth-order valence-electron chi connectivity index (χ4n) is 8.77.